The van der Waals surface area contributed by atoms with Crippen molar-refractivity contribution in [1.29, 1.82) is 0 Å². The van der Waals surface area contributed by atoms with Crippen LogP contribution >= 0.6 is 0 Å². The van der Waals surface area contributed by atoms with Crippen LogP contribution < -0.4 is 0 Å². The van der Waals surface area contributed by atoms with Crippen molar-refractivity contribution in [2.24, 2.45) is 0 Å². The van der Waals surface area contributed by atoms with Gasteiger partial charge < -0.3 is 9.67 Å². The van der Waals surface area contributed by atoms with Crippen LogP contribution in [0.5, 0.6) is 0 Å². The van der Waals surface area contributed by atoms with E-state index in [-0.39, 0.29) is 0 Å². The van der Waals surface area contributed by atoms with E-state index in [1.807, 2.05) is 48.0 Å². The lowest BCUT2D eigenvalue weighted by Crippen LogP contribution is -1.95. The summed E-state index contributed by atoms with van der Waals surface area (Å²) in [6.45, 7) is 2.82. The Morgan fingerprint density at radius 3 is 2.72 bits per heavy atom. The van der Waals surface area contributed by atoms with Gasteiger partial charge in [0.25, 0.3) is 0 Å². The fourth-order valence-corrected chi connectivity index (χ4v) is 1.73. The Labute approximate surface area is 105 Å². The Morgan fingerprint density at radius 2 is 2.11 bits per heavy atom. The third-order valence-electron chi connectivity index (χ3n) is 2.56. The van der Waals surface area contributed by atoms with Crippen molar-refractivity contribution >= 4 is 12.0 Å². The summed E-state index contributed by atoms with van der Waals surface area (Å²) in [6, 6.07) is 9.83. The second-order valence-corrected chi connectivity index (χ2v) is 3.81. The molecule has 92 valence electrons. The molecule has 4 nitrogen and oxygen atoms in total. The largest absolute Gasteiger partial charge is 0.478 e. The molecule has 0 spiro atoms. The van der Waals surface area contributed by atoms with Gasteiger partial charge in [-0.25, -0.2) is 9.78 Å². The highest BCUT2D eigenvalue weighted by atomic mass is 16.4. The third kappa shape index (κ3) is 2.66. The van der Waals surface area contributed by atoms with Gasteiger partial charge in [0.2, 0.25) is 0 Å². The van der Waals surface area contributed by atoms with Crippen molar-refractivity contribution in [2.75, 3.05) is 0 Å². The van der Waals surface area contributed by atoms with Gasteiger partial charge in [0.05, 0.1) is 5.69 Å². The maximum absolute atomic E-state index is 10.5. The zero-order valence-electron chi connectivity index (χ0n) is 10.1. The average Bonchev–Trinajstić information content (AvgIpc) is 2.80. The lowest BCUT2D eigenvalue weighted by atomic mass is 10.2. The van der Waals surface area contributed by atoms with Crippen molar-refractivity contribution in [3.63, 3.8) is 0 Å². The average molecular weight is 242 g/mol. The molecule has 0 radical (unpaired) electrons. The zero-order valence-corrected chi connectivity index (χ0v) is 10.1. The molecular formula is C14H14N2O2. The highest BCUT2D eigenvalue weighted by Crippen LogP contribution is 2.19. The van der Waals surface area contributed by atoms with Gasteiger partial charge in [-0.05, 0) is 13.0 Å². The normalized spacial score (nSPS) is 10.9. The topological polar surface area (TPSA) is 55.1 Å². The summed E-state index contributed by atoms with van der Waals surface area (Å²) in [5.41, 5.74) is 1.67. The molecule has 2 rings (SSSR count). The highest BCUT2D eigenvalue weighted by Gasteiger charge is 2.07. The van der Waals surface area contributed by atoms with Crippen molar-refractivity contribution in [2.45, 2.75) is 13.5 Å². The van der Waals surface area contributed by atoms with E-state index in [0.29, 0.717) is 5.69 Å². The number of carboxylic acid groups (broad SMARTS) is 1. The van der Waals surface area contributed by atoms with Crippen LogP contribution in [0.4, 0.5) is 0 Å². The van der Waals surface area contributed by atoms with Gasteiger partial charge >= 0.3 is 5.97 Å². The zero-order chi connectivity index (χ0) is 13.0. The second kappa shape index (κ2) is 5.31. The molecule has 0 aliphatic heterocycles. The molecule has 0 atom stereocenters. The van der Waals surface area contributed by atoms with Gasteiger partial charge in [-0.2, -0.15) is 0 Å². The summed E-state index contributed by atoms with van der Waals surface area (Å²) in [5, 5.41) is 8.60. The van der Waals surface area contributed by atoms with Crippen molar-refractivity contribution in [3.05, 3.63) is 48.3 Å². The number of aromatic nitrogens is 2. The molecule has 0 fully saturated rings. The van der Waals surface area contributed by atoms with Crippen LogP contribution in [0, 0.1) is 0 Å². The molecule has 0 saturated heterocycles. The first kappa shape index (κ1) is 12.1. The number of rotatable bonds is 4. The number of benzene rings is 1. The molecule has 1 heterocycles. The Morgan fingerprint density at radius 1 is 1.39 bits per heavy atom. The summed E-state index contributed by atoms with van der Waals surface area (Å²) in [5.74, 6) is -0.120. The van der Waals surface area contributed by atoms with E-state index in [4.69, 9.17) is 5.11 Å². The molecule has 4 heteroatoms. The monoisotopic (exact) mass is 242 g/mol. The van der Waals surface area contributed by atoms with Crippen LogP contribution in [-0.2, 0) is 11.3 Å². The first-order chi connectivity index (χ1) is 8.70. The van der Waals surface area contributed by atoms with E-state index < -0.39 is 5.97 Å². The van der Waals surface area contributed by atoms with Crippen LogP contribution in [0.1, 0.15) is 12.6 Å². The SMILES string of the molecule is CCn1cc(/C=C/C(=O)O)nc1-c1ccccc1. The van der Waals surface area contributed by atoms with Gasteiger partial charge in [-0.15, -0.1) is 0 Å². The lowest BCUT2D eigenvalue weighted by molar-refractivity contribution is -0.131. The summed E-state index contributed by atoms with van der Waals surface area (Å²) in [6.07, 6.45) is 4.44. The van der Waals surface area contributed by atoms with Crippen LogP contribution in [0.15, 0.2) is 42.6 Å². The fourth-order valence-electron chi connectivity index (χ4n) is 1.73. The number of hydrogen-bond acceptors (Lipinski definition) is 2. The minimum absolute atomic E-state index is 0.651. The van der Waals surface area contributed by atoms with Crippen LogP contribution in [0.3, 0.4) is 0 Å². The molecule has 0 amide bonds. The van der Waals surface area contributed by atoms with Crippen LogP contribution in [-0.4, -0.2) is 20.6 Å². The number of imidazole rings is 1. The van der Waals surface area contributed by atoms with Crippen molar-refractivity contribution in [1.82, 2.24) is 9.55 Å². The molecule has 1 aromatic carbocycles. The molecule has 18 heavy (non-hydrogen) atoms. The Hall–Kier alpha value is -2.36. The Kier molecular flexibility index (Phi) is 3.57. The minimum atomic E-state index is -0.970. The second-order valence-electron chi connectivity index (χ2n) is 3.81. The maximum Gasteiger partial charge on any atom is 0.328 e. The van der Waals surface area contributed by atoms with Crippen LogP contribution in [0.25, 0.3) is 17.5 Å². The molecule has 0 bridgehead atoms. The van der Waals surface area contributed by atoms with E-state index in [2.05, 4.69) is 4.98 Å². The first-order valence-electron chi connectivity index (χ1n) is 5.74. The van der Waals surface area contributed by atoms with E-state index in [1.54, 1.807) is 0 Å². The number of aryl methyl sites for hydroxylation is 1. The fraction of sp³-hybridized carbons (Fsp3) is 0.143. The first-order valence-corrected chi connectivity index (χ1v) is 5.74. The summed E-state index contributed by atoms with van der Waals surface area (Å²) in [4.78, 5) is 14.9. The molecule has 2 aromatic rings. The predicted molar refractivity (Wildman–Crippen MR) is 70.0 cm³/mol. The van der Waals surface area contributed by atoms with Crippen LogP contribution in [0.2, 0.25) is 0 Å². The van der Waals surface area contributed by atoms with Gasteiger partial charge in [0, 0.05) is 24.4 Å². The quantitative estimate of drug-likeness (QED) is 0.838. The Bertz CT molecular complexity index is 571. The minimum Gasteiger partial charge on any atom is -0.478 e. The number of aliphatic carboxylic acids is 1. The molecule has 0 unspecified atom stereocenters. The molecule has 1 aromatic heterocycles. The van der Waals surface area contributed by atoms with Gasteiger partial charge in [-0.3, -0.25) is 0 Å². The lowest BCUT2D eigenvalue weighted by Gasteiger charge is -2.03. The maximum atomic E-state index is 10.5. The molecule has 0 aliphatic rings. The Balaban J connectivity index is 2.39. The molecule has 0 saturated carbocycles. The van der Waals surface area contributed by atoms with Crippen molar-refractivity contribution < 1.29 is 9.90 Å². The van der Waals surface area contributed by atoms with E-state index >= 15 is 0 Å². The van der Waals surface area contributed by atoms with Gasteiger partial charge in [0.15, 0.2) is 0 Å². The molecule has 1 N–H and O–H groups in total. The standard InChI is InChI=1S/C14H14N2O2/c1-2-16-10-12(8-9-13(17)18)15-14(16)11-6-4-3-5-7-11/h3-10H,2H2,1H3,(H,17,18)/b9-8+. The highest BCUT2D eigenvalue weighted by molar-refractivity contribution is 5.85. The summed E-state index contributed by atoms with van der Waals surface area (Å²) >= 11 is 0. The van der Waals surface area contributed by atoms with E-state index in [9.17, 15) is 4.79 Å². The molecular weight excluding hydrogens is 228 g/mol. The van der Waals surface area contributed by atoms with E-state index in [0.717, 1.165) is 24.0 Å². The number of carboxylic acids is 1. The summed E-state index contributed by atoms with van der Waals surface area (Å²) < 4.78 is 2.00. The smallest absolute Gasteiger partial charge is 0.328 e. The number of nitrogens with zero attached hydrogens (tertiary/aromatic N) is 2. The number of carbonyl (C=O) groups is 1. The van der Waals surface area contributed by atoms with Gasteiger partial charge in [-0.1, -0.05) is 30.3 Å². The number of hydrogen-bond donors (Lipinski definition) is 1. The third-order valence-corrected chi connectivity index (χ3v) is 2.56. The molecule has 0 aliphatic carbocycles. The predicted octanol–water partition coefficient (Wildman–Crippen LogP) is 2.67. The summed E-state index contributed by atoms with van der Waals surface area (Å²) in [7, 11) is 0. The van der Waals surface area contributed by atoms with E-state index in [1.165, 1.54) is 6.08 Å². The van der Waals surface area contributed by atoms with Gasteiger partial charge in [0.1, 0.15) is 5.82 Å². The van der Waals surface area contributed by atoms with Crippen molar-refractivity contribution in [3.8, 4) is 11.4 Å².